The number of nitrogens with one attached hydrogen (secondary N) is 2. The molecule has 138 valence electrons. The van der Waals surface area contributed by atoms with Gasteiger partial charge in [-0.15, -0.1) is 0 Å². The van der Waals surface area contributed by atoms with Crippen molar-refractivity contribution in [3.63, 3.8) is 0 Å². The molecule has 2 rings (SSSR count). The highest BCUT2D eigenvalue weighted by Gasteiger charge is 2.21. The fourth-order valence-electron chi connectivity index (χ4n) is 2.20. The van der Waals surface area contributed by atoms with Gasteiger partial charge in [0.1, 0.15) is 23.3 Å². The molecule has 9 heteroatoms. The van der Waals surface area contributed by atoms with E-state index in [1.54, 1.807) is 25.1 Å². The van der Waals surface area contributed by atoms with E-state index in [1.807, 2.05) is 12.1 Å². The summed E-state index contributed by atoms with van der Waals surface area (Å²) < 4.78 is 10.4. The minimum Gasteiger partial charge on any atom is -0.493 e. The largest absolute Gasteiger partial charge is 0.493 e. The number of amides is 1. The van der Waals surface area contributed by atoms with Crippen LogP contribution in [0.5, 0.6) is 11.5 Å². The third-order valence-electron chi connectivity index (χ3n) is 3.63. The number of aromatic nitrogens is 1. The number of methoxy groups -OCH3 is 2. The van der Waals surface area contributed by atoms with Crippen LogP contribution in [0.1, 0.15) is 18.1 Å². The highest BCUT2D eigenvalue weighted by molar-refractivity contribution is 8.00. The Balaban J connectivity index is 2.16. The van der Waals surface area contributed by atoms with Crippen molar-refractivity contribution in [2.45, 2.75) is 17.2 Å². The SMILES string of the molecule is COc1ccc(NC(=O)[C@@H](C)Sc2[nH+]c(N)c(C#N)cc2C#N)cc1OC. The lowest BCUT2D eigenvalue weighted by molar-refractivity contribution is -0.410. The van der Waals surface area contributed by atoms with Crippen LogP contribution < -0.4 is 25.5 Å². The molecule has 0 aliphatic heterocycles. The molecule has 0 bridgehead atoms. The van der Waals surface area contributed by atoms with Crippen LogP contribution in [0.25, 0.3) is 0 Å². The predicted octanol–water partition coefficient (Wildman–Crippen LogP) is 1.96. The van der Waals surface area contributed by atoms with E-state index in [2.05, 4.69) is 10.3 Å². The van der Waals surface area contributed by atoms with Gasteiger partial charge in [0.05, 0.1) is 19.5 Å². The number of nitrogens with zero attached hydrogens (tertiary/aromatic N) is 2. The quantitative estimate of drug-likeness (QED) is 0.727. The number of hydrogen-bond donors (Lipinski definition) is 2. The molecule has 1 heterocycles. The Kier molecular flexibility index (Phi) is 6.47. The molecule has 4 N–H and O–H groups in total. The first-order valence-corrected chi connectivity index (χ1v) is 8.67. The lowest BCUT2D eigenvalue weighted by Gasteiger charge is -2.13. The van der Waals surface area contributed by atoms with Gasteiger partial charge in [-0.2, -0.15) is 10.5 Å². The molecule has 1 aromatic heterocycles. The zero-order valence-corrected chi connectivity index (χ0v) is 15.8. The lowest BCUT2D eigenvalue weighted by Crippen LogP contribution is -2.25. The van der Waals surface area contributed by atoms with E-state index >= 15 is 0 Å². The number of nitrogens with two attached hydrogens (primary N) is 1. The first kappa shape index (κ1) is 19.9. The Bertz CT molecular complexity index is 949. The van der Waals surface area contributed by atoms with Crippen LogP contribution in [0.15, 0.2) is 29.3 Å². The smallest absolute Gasteiger partial charge is 0.289 e. The summed E-state index contributed by atoms with van der Waals surface area (Å²) in [5.74, 6) is 0.925. The topological polar surface area (TPSA) is 135 Å². The van der Waals surface area contributed by atoms with Crippen LogP contribution in [-0.4, -0.2) is 25.4 Å². The minimum atomic E-state index is -0.534. The van der Waals surface area contributed by atoms with Crippen molar-refractivity contribution in [3.05, 3.63) is 35.4 Å². The van der Waals surface area contributed by atoms with Crippen molar-refractivity contribution in [3.8, 4) is 23.6 Å². The van der Waals surface area contributed by atoms with Gasteiger partial charge in [0.25, 0.3) is 5.82 Å². The van der Waals surface area contributed by atoms with E-state index in [-0.39, 0.29) is 22.9 Å². The number of pyridine rings is 1. The van der Waals surface area contributed by atoms with Gasteiger partial charge in [0.15, 0.2) is 16.5 Å². The number of nitrogen functional groups attached to an aromatic ring is 1. The summed E-state index contributed by atoms with van der Waals surface area (Å²) in [5.41, 5.74) is 6.74. The second-order valence-corrected chi connectivity index (χ2v) is 6.73. The van der Waals surface area contributed by atoms with Crippen LogP contribution in [0.3, 0.4) is 0 Å². The van der Waals surface area contributed by atoms with Crippen molar-refractivity contribution in [2.75, 3.05) is 25.3 Å². The Labute approximate surface area is 160 Å². The first-order valence-electron chi connectivity index (χ1n) is 7.79. The number of H-pyrrole nitrogens is 1. The third kappa shape index (κ3) is 4.60. The van der Waals surface area contributed by atoms with E-state index in [0.717, 1.165) is 11.8 Å². The molecule has 0 aliphatic carbocycles. The molecular weight excluding hydrogens is 366 g/mol. The second kappa shape index (κ2) is 8.79. The number of carbonyl (C=O) groups is 1. The number of ether oxygens (including phenoxy) is 2. The third-order valence-corrected chi connectivity index (χ3v) is 4.75. The standard InChI is InChI=1S/C18H17N5O3S/c1-10(27-18-12(9-20)6-11(8-19)16(21)23-18)17(24)22-13-4-5-14(25-2)15(7-13)26-3/h4-7,10H,1-3H3,(H2,21,23)(H,22,24)/p+1/t10-/m1/s1. The summed E-state index contributed by atoms with van der Waals surface area (Å²) >= 11 is 1.14. The molecule has 0 saturated heterocycles. The number of nitriles is 2. The fraction of sp³-hybridized carbons (Fsp3) is 0.222. The summed E-state index contributed by atoms with van der Waals surface area (Å²) in [6.45, 7) is 1.70. The van der Waals surface area contributed by atoms with Crippen LogP contribution in [-0.2, 0) is 4.79 Å². The molecule has 8 nitrogen and oxygen atoms in total. The molecule has 1 amide bonds. The van der Waals surface area contributed by atoms with Gasteiger partial charge in [-0.3, -0.25) is 10.5 Å². The highest BCUT2D eigenvalue weighted by Crippen LogP contribution is 2.30. The Morgan fingerprint density at radius 1 is 1.19 bits per heavy atom. The highest BCUT2D eigenvalue weighted by atomic mass is 32.2. The van der Waals surface area contributed by atoms with Crippen molar-refractivity contribution in [2.24, 2.45) is 0 Å². The van der Waals surface area contributed by atoms with Gasteiger partial charge in [0.2, 0.25) is 5.91 Å². The van der Waals surface area contributed by atoms with E-state index in [4.69, 9.17) is 20.5 Å². The van der Waals surface area contributed by atoms with E-state index in [1.165, 1.54) is 20.3 Å². The molecule has 0 radical (unpaired) electrons. The normalized spacial score (nSPS) is 11.0. The van der Waals surface area contributed by atoms with Crippen molar-refractivity contribution in [1.29, 1.82) is 10.5 Å². The molecule has 0 aliphatic rings. The molecule has 2 aromatic rings. The maximum atomic E-state index is 12.5. The number of anilines is 2. The Morgan fingerprint density at radius 3 is 2.44 bits per heavy atom. The van der Waals surface area contributed by atoms with Crippen molar-refractivity contribution in [1.82, 2.24) is 0 Å². The monoisotopic (exact) mass is 384 g/mol. The average Bonchev–Trinajstić information content (AvgIpc) is 2.67. The van der Waals surface area contributed by atoms with Crippen molar-refractivity contribution >= 4 is 29.2 Å². The second-order valence-electron chi connectivity index (χ2n) is 5.38. The maximum Gasteiger partial charge on any atom is 0.289 e. The molecule has 0 fully saturated rings. The predicted molar refractivity (Wildman–Crippen MR) is 100 cm³/mol. The van der Waals surface area contributed by atoms with Gasteiger partial charge < -0.3 is 14.8 Å². The molecule has 0 unspecified atom stereocenters. The first-order chi connectivity index (χ1) is 12.9. The van der Waals surface area contributed by atoms with Crippen LogP contribution in [0.4, 0.5) is 11.5 Å². The van der Waals surface area contributed by atoms with Gasteiger partial charge in [-0.1, -0.05) is 11.8 Å². The molecule has 27 heavy (non-hydrogen) atoms. The number of hydrogen-bond acceptors (Lipinski definition) is 7. The summed E-state index contributed by atoms with van der Waals surface area (Å²) in [4.78, 5) is 15.3. The summed E-state index contributed by atoms with van der Waals surface area (Å²) in [6, 6.07) is 10.3. The minimum absolute atomic E-state index is 0.145. The lowest BCUT2D eigenvalue weighted by atomic mass is 10.2. The van der Waals surface area contributed by atoms with E-state index in [9.17, 15) is 10.1 Å². The van der Waals surface area contributed by atoms with Gasteiger partial charge in [-0.25, -0.2) is 4.98 Å². The summed E-state index contributed by atoms with van der Waals surface area (Å²) in [5, 5.41) is 20.9. The fourth-order valence-corrected chi connectivity index (χ4v) is 3.12. The number of thioether (sulfide) groups is 1. The average molecular weight is 384 g/mol. The number of benzene rings is 1. The molecule has 0 spiro atoms. The Hall–Kier alpha value is -3.43. The Morgan fingerprint density at radius 2 is 1.85 bits per heavy atom. The van der Waals surface area contributed by atoms with E-state index < -0.39 is 5.25 Å². The van der Waals surface area contributed by atoms with E-state index in [0.29, 0.717) is 22.2 Å². The van der Waals surface area contributed by atoms with Crippen LogP contribution in [0.2, 0.25) is 0 Å². The molecule has 1 aromatic carbocycles. The van der Waals surface area contributed by atoms with Crippen molar-refractivity contribution < 1.29 is 19.3 Å². The van der Waals surface area contributed by atoms with Crippen LogP contribution >= 0.6 is 11.8 Å². The number of carbonyl (C=O) groups excluding carboxylic acids is 1. The zero-order chi connectivity index (χ0) is 20.0. The van der Waals surface area contributed by atoms with Gasteiger partial charge in [-0.05, 0) is 25.1 Å². The van der Waals surface area contributed by atoms with Gasteiger partial charge in [0, 0.05) is 11.8 Å². The van der Waals surface area contributed by atoms with Crippen LogP contribution in [0, 0.1) is 22.7 Å². The number of rotatable bonds is 6. The maximum absolute atomic E-state index is 12.5. The number of aromatic amines is 1. The molecule has 0 saturated carbocycles. The van der Waals surface area contributed by atoms with Gasteiger partial charge >= 0.3 is 0 Å². The molecular formula is C18H18N5O3S+. The zero-order valence-electron chi connectivity index (χ0n) is 15.0. The summed E-state index contributed by atoms with van der Waals surface area (Å²) in [7, 11) is 3.04. The summed E-state index contributed by atoms with van der Waals surface area (Å²) in [6.07, 6.45) is 0. The molecule has 1 atom stereocenters.